The molecule has 5 N–H and O–H groups in total. The summed E-state index contributed by atoms with van der Waals surface area (Å²) in [5.74, 6) is 1.51. The molecule has 0 aliphatic carbocycles. The number of H-pyrrole nitrogens is 1. The van der Waals surface area contributed by atoms with E-state index in [-0.39, 0.29) is 11.4 Å². The molecule has 0 radical (unpaired) electrons. The van der Waals surface area contributed by atoms with Gasteiger partial charge in [-0.2, -0.15) is 4.40 Å². The first-order valence-corrected chi connectivity index (χ1v) is 9.22. The quantitative estimate of drug-likeness (QED) is 0.209. The van der Waals surface area contributed by atoms with Crippen LogP contribution in [-0.2, 0) is 0 Å². The number of hydrogen-bond donors (Lipinski definition) is 2. The Balaban J connectivity index is 1.77. The highest BCUT2D eigenvalue weighted by Crippen LogP contribution is 2.22. The summed E-state index contributed by atoms with van der Waals surface area (Å²) in [6, 6.07) is 18.1. The molecule has 0 aliphatic heterocycles. The van der Waals surface area contributed by atoms with Crippen molar-refractivity contribution >= 4 is 44.9 Å². The van der Waals surface area contributed by atoms with Gasteiger partial charge < -0.3 is 15.9 Å². The van der Waals surface area contributed by atoms with Crippen molar-refractivity contribution in [1.82, 2.24) is 9.38 Å². The molecule has 3 heterocycles. The van der Waals surface area contributed by atoms with E-state index < -0.39 is 0 Å². The van der Waals surface area contributed by atoms with E-state index in [2.05, 4.69) is 15.0 Å². The van der Waals surface area contributed by atoms with Crippen LogP contribution in [0.5, 0.6) is 0 Å². The Kier molecular flexibility index (Phi) is 4.03. The molecule has 8 nitrogen and oxygen atoms in total. The minimum absolute atomic E-state index is 0.159. The first-order chi connectivity index (χ1) is 14.6. The summed E-state index contributed by atoms with van der Waals surface area (Å²) in [5, 5.41) is 1.26. The van der Waals surface area contributed by atoms with Crippen LogP contribution in [0.3, 0.4) is 0 Å². The Hall–Kier alpha value is -4.46. The third-order valence-electron chi connectivity index (χ3n) is 4.76. The highest BCUT2D eigenvalue weighted by molar-refractivity contribution is 6.00. The zero-order chi connectivity index (χ0) is 20.7. The summed E-state index contributed by atoms with van der Waals surface area (Å²) in [6.07, 6.45) is 3.05. The maximum Gasteiger partial charge on any atom is 0.360 e. The minimum atomic E-state index is -0.159. The van der Waals surface area contributed by atoms with Crippen molar-refractivity contribution in [2.75, 3.05) is 0 Å². The summed E-state index contributed by atoms with van der Waals surface area (Å²) in [6.45, 7) is 0. The lowest BCUT2D eigenvalue weighted by Crippen LogP contribution is -2.24. The number of hydrogen-bond acceptors (Lipinski definition) is 5. The second kappa shape index (κ2) is 6.85. The molecule has 0 saturated carbocycles. The molecule has 5 aromatic rings. The van der Waals surface area contributed by atoms with Gasteiger partial charge in [-0.25, -0.2) is 4.98 Å². The zero-order valence-electron chi connectivity index (χ0n) is 15.7. The highest BCUT2D eigenvalue weighted by Gasteiger charge is 2.18. The van der Waals surface area contributed by atoms with E-state index in [1.54, 1.807) is 28.7 Å². The normalized spacial score (nSPS) is 12.8. The number of nitrogens with one attached hydrogen (secondary N) is 1. The fourth-order valence-corrected chi connectivity index (χ4v) is 3.40. The molecule has 0 fully saturated rings. The van der Waals surface area contributed by atoms with Gasteiger partial charge in [0.15, 0.2) is 5.84 Å². The van der Waals surface area contributed by atoms with E-state index in [1.807, 2.05) is 36.4 Å². The molecular formula is C22H17N6O2+. The molecule has 0 spiro atoms. The maximum atomic E-state index is 13.1. The van der Waals surface area contributed by atoms with Crippen molar-refractivity contribution in [1.29, 1.82) is 0 Å². The van der Waals surface area contributed by atoms with Crippen LogP contribution in [0.1, 0.15) is 5.76 Å². The molecule has 30 heavy (non-hydrogen) atoms. The number of aromatic nitrogens is 3. The molecule has 3 aromatic heterocycles. The van der Waals surface area contributed by atoms with Gasteiger partial charge in [-0.1, -0.05) is 24.3 Å². The predicted octanol–water partition coefficient (Wildman–Crippen LogP) is 2.40. The van der Waals surface area contributed by atoms with Crippen molar-refractivity contribution in [2.24, 2.45) is 16.5 Å². The summed E-state index contributed by atoms with van der Waals surface area (Å²) >= 11 is 0. The Morgan fingerprint density at radius 1 is 1.03 bits per heavy atom. The predicted molar refractivity (Wildman–Crippen MR) is 115 cm³/mol. The second-order valence-corrected chi connectivity index (χ2v) is 6.70. The average molecular weight is 397 g/mol. The molecule has 0 saturated heterocycles. The number of para-hydroxylation sites is 2. The third-order valence-corrected chi connectivity index (χ3v) is 4.76. The molecule has 8 heteroatoms. The van der Waals surface area contributed by atoms with E-state index in [1.165, 1.54) is 12.3 Å². The number of benzene rings is 2. The number of nitrogens with two attached hydrogens (primary N) is 2. The van der Waals surface area contributed by atoms with Crippen molar-refractivity contribution < 1.29 is 9.40 Å². The van der Waals surface area contributed by atoms with Crippen molar-refractivity contribution in [3.63, 3.8) is 0 Å². The topological polar surface area (TPSA) is 126 Å². The van der Waals surface area contributed by atoms with E-state index in [0.29, 0.717) is 39.5 Å². The fraction of sp³-hybridized carbons (Fsp3) is 0. The molecule has 0 unspecified atom stereocenters. The van der Waals surface area contributed by atoms with Crippen molar-refractivity contribution in [3.05, 3.63) is 89.1 Å². The first-order valence-electron chi connectivity index (χ1n) is 9.22. The molecule has 0 atom stereocenters. The number of rotatable bonds is 3. The van der Waals surface area contributed by atoms with E-state index in [9.17, 15) is 4.79 Å². The largest absolute Gasteiger partial charge is 0.463 e. The number of aliphatic imine (C=N–C) groups is 1. The Labute approximate surface area is 169 Å². The van der Waals surface area contributed by atoms with Crippen LogP contribution in [0.15, 0.2) is 87.2 Å². The van der Waals surface area contributed by atoms with E-state index in [4.69, 9.17) is 15.9 Å². The molecule has 2 aromatic carbocycles. The third kappa shape index (κ3) is 2.87. The highest BCUT2D eigenvalue weighted by atomic mass is 16.3. The fourth-order valence-electron chi connectivity index (χ4n) is 3.40. The lowest BCUT2D eigenvalue weighted by atomic mass is 10.2. The van der Waals surface area contributed by atoms with Crippen LogP contribution in [0.4, 0.5) is 5.82 Å². The van der Waals surface area contributed by atoms with Gasteiger partial charge >= 0.3 is 11.3 Å². The first kappa shape index (κ1) is 17.6. The van der Waals surface area contributed by atoms with Gasteiger partial charge in [0.2, 0.25) is 5.82 Å². The number of nitrogens with zero attached hydrogens (tertiary/aromatic N) is 3. The Morgan fingerprint density at radius 2 is 1.80 bits per heavy atom. The van der Waals surface area contributed by atoms with Gasteiger partial charge in [0.25, 0.3) is 0 Å². The van der Waals surface area contributed by atoms with Gasteiger partial charge in [-0.15, -0.1) is 9.98 Å². The number of amidine groups is 1. The van der Waals surface area contributed by atoms with Crippen LogP contribution < -0.4 is 22.0 Å². The molecular weight excluding hydrogens is 380 g/mol. The van der Waals surface area contributed by atoms with Crippen LogP contribution in [0.2, 0.25) is 0 Å². The van der Waals surface area contributed by atoms with Crippen LogP contribution in [-0.4, -0.2) is 15.2 Å². The summed E-state index contributed by atoms with van der Waals surface area (Å²) in [5.41, 5.74) is 13.6. The van der Waals surface area contributed by atoms with Gasteiger partial charge in [0.05, 0.1) is 22.7 Å². The van der Waals surface area contributed by atoms with E-state index >= 15 is 0 Å². The average Bonchev–Trinajstić information content (AvgIpc) is 3.29. The summed E-state index contributed by atoms with van der Waals surface area (Å²) in [7, 11) is 0. The van der Waals surface area contributed by atoms with Gasteiger partial charge in [0, 0.05) is 6.08 Å². The molecule has 0 bridgehead atoms. The van der Waals surface area contributed by atoms with Gasteiger partial charge in [-0.05, 0) is 36.4 Å². The van der Waals surface area contributed by atoms with Crippen LogP contribution in [0, 0.1) is 0 Å². The summed E-state index contributed by atoms with van der Waals surface area (Å²) < 4.78 is 6.81. The number of fused-ring (bicyclic) bond motifs is 4. The molecule has 0 aliphatic rings. The monoisotopic (exact) mass is 397 g/mol. The molecule has 5 rings (SSSR count). The van der Waals surface area contributed by atoms with Gasteiger partial charge in [0.1, 0.15) is 16.8 Å². The molecule has 146 valence electrons. The van der Waals surface area contributed by atoms with Crippen molar-refractivity contribution in [3.8, 4) is 0 Å². The van der Waals surface area contributed by atoms with Gasteiger partial charge in [-0.3, -0.25) is 4.79 Å². The Morgan fingerprint density at radius 3 is 2.60 bits per heavy atom. The minimum Gasteiger partial charge on any atom is -0.463 e. The SMILES string of the molecule is NC(=CC(N)=Nc1[nH+]c2nc3ccccc3c(=O)n2c2ccccc12)c1ccco1. The van der Waals surface area contributed by atoms with Crippen LogP contribution >= 0.6 is 0 Å². The standard InChI is InChI=1S/C22H16N6O2/c23-15(18-10-5-11-30-18)12-19(24)26-20-14-7-2-4-9-17(14)28-21(29)13-6-1-3-8-16(13)25-22(28)27-20/h1-12H,23H2,(H2,24,25,26,27)/p+1. The number of furan rings is 1. The van der Waals surface area contributed by atoms with E-state index in [0.717, 1.165) is 5.39 Å². The summed E-state index contributed by atoms with van der Waals surface area (Å²) in [4.78, 5) is 25.3. The Bertz CT molecular complexity index is 1530. The van der Waals surface area contributed by atoms with Crippen molar-refractivity contribution in [2.45, 2.75) is 0 Å². The maximum absolute atomic E-state index is 13.1. The lowest BCUT2D eigenvalue weighted by Gasteiger charge is -2.04. The zero-order valence-corrected chi connectivity index (χ0v) is 15.7. The second-order valence-electron chi connectivity index (χ2n) is 6.70. The lowest BCUT2D eigenvalue weighted by molar-refractivity contribution is -0.335. The smallest absolute Gasteiger partial charge is 0.360 e. The molecule has 0 amide bonds. The number of aromatic amines is 1. The van der Waals surface area contributed by atoms with Crippen LogP contribution in [0.25, 0.3) is 33.3 Å².